The van der Waals surface area contributed by atoms with Gasteiger partial charge in [-0.05, 0) is 5.57 Å². The van der Waals surface area contributed by atoms with Gasteiger partial charge >= 0.3 is 6.01 Å². The molecule has 4 heterocycles. The Hall–Kier alpha value is -3.90. The summed E-state index contributed by atoms with van der Waals surface area (Å²) < 4.78 is 35.1. The smallest absolute Gasteiger partial charge is 0.326 e. The number of anilines is 2. The van der Waals surface area contributed by atoms with Gasteiger partial charge in [0.05, 0.1) is 34.4 Å². The molecule has 1 aliphatic carbocycles. The molecular formula is C21H18F2N8O2. The summed E-state index contributed by atoms with van der Waals surface area (Å²) in [5.74, 6) is -0.899. The van der Waals surface area contributed by atoms with Crippen LogP contribution in [-0.2, 0) is 6.61 Å². The van der Waals surface area contributed by atoms with Crippen LogP contribution in [0.15, 0.2) is 30.2 Å². The van der Waals surface area contributed by atoms with Crippen LogP contribution in [0, 0.1) is 17.6 Å². The summed E-state index contributed by atoms with van der Waals surface area (Å²) in [6.07, 6.45) is 4.66. The summed E-state index contributed by atoms with van der Waals surface area (Å²) in [7, 11) is 1.62. The molecule has 1 aromatic carbocycles. The summed E-state index contributed by atoms with van der Waals surface area (Å²) in [6.45, 7) is 0.268. The van der Waals surface area contributed by atoms with Crippen LogP contribution in [0.3, 0.4) is 0 Å². The van der Waals surface area contributed by atoms with E-state index in [4.69, 9.17) is 15.6 Å². The van der Waals surface area contributed by atoms with Gasteiger partial charge in [-0.3, -0.25) is 0 Å². The number of aromatic nitrogens is 5. The van der Waals surface area contributed by atoms with Crippen molar-refractivity contribution < 1.29 is 18.6 Å². The number of rotatable bonds is 5. The van der Waals surface area contributed by atoms with Crippen LogP contribution in [0.5, 0.6) is 11.8 Å². The summed E-state index contributed by atoms with van der Waals surface area (Å²) in [5.41, 5.74) is 8.13. The quantitative estimate of drug-likeness (QED) is 0.359. The number of halogens is 2. The molecule has 12 heteroatoms. The highest BCUT2D eigenvalue weighted by Crippen LogP contribution is 2.46. The molecule has 6 rings (SSSR count). The second-order valence-electron chi connectivity index (χ2n) is 7.91. The Balaban J connectivity index is 1.55. The number of benzene rings is 1. The van der Waals surface area contributed by atoms with Crippen LogP contribution < -0.4 is 20.7 Å². The van der Waals surface area contributed by atoms with Gasteiger partial charge in [0.2, 0.25) is 0 Å². The van der Waals surface area contributed by atoms with Gasteiger partial charge in [-0.15, -0.1) is 0 Å². The van der Waals surface area contributed by atoms with Gasteiger partial charge in [0.1, 0.15) is 18.1 Å². The standard InChI is InChI=1S/C21H18F2N8O2/c1-25-12-2-11(22)16(23)14-15-19(28-18(12)14)29-21(33-8-3-26-13(7-32)27-4-8)30-20(15)31-5-9-10(6-31)17(9)24/h2-5,10,17,25,32H,6-7,24H2,1H3,(H,28,29,30)/t10-,17?/m0/s1. The Bertz CT molecular complexity index is 1450. The molecule has 2 aliphatic rings. The summed E-state index contributed by atoms with van der Waals surface area (Å²) >= 11 is 0. The first-order valence-corrected chi connectivity index (χ1v) is 10.2. The van der Waals surface area contributed by atoms with Gasteiger partial charge < -0.3 is 30.8 Å². The first-order chi connectivity index (χ1) is 16.0. The second-order valence-corrected chi connectivity index (χ2v) is 7.91. The minimum atomic E-state index is -0.990. The molecule has 0 radical (unpaired) electrons. The molecule has 0 spiro atoms. The van der Waals surface area contributed by atoms with E-state index in [-0.39, 0.29) is 47.2 Å². The summed E-state index contributed by atoms with van der Waals surface area (Å²) in [5, 5.41) is 12.4. The van der Waals surface area contributed by atoms with E-state index in [0.29, 0.717) is 29.0 Å². The third-order valence-corrected chi connectivity index (χ3v) is 5.99. The average molecular weight is 452 g/mol. The third kappa shape index (κ3) is 2.98. The van der Waals surface area contributed by atoms with E-state index >= 15 is 4.39 Å². The Morgan fingerprint density at radius 2 is 2.06 bits per heavy atom. The van der Waals surface area contributed by atoms with E-state index in [1.54, 1.807) is 7.05 Å². The highest BCUT2D eigenvalue weighted by Gasteiger charge is 2.47. The lowest BCUT2D eigenvalue weighted by Crippen LogP contribution is -2.22. The zero-order chi connectivity index (χ0) is 22.9. The number of nitrogens with one attached hydrogen (secondary N) is 2. The maximum absolute atomic E-state index is 15.0. The minimum Gasteiger partial charge on any atom is -0.421 e. The summed E-state index contributed by atoms with van der Waals surface area (Å²) in [6, 6.07) is 1.08. The van der Waals surface area contributed by atoms with Gasteiger partial charge in [-0.1, -0.05) is 0 Å². The van der Waals surface area contributed by atoms with Crippen molar-refractivity contribution in [2.75, 3.05) is 23.8 Å². The zero-order valence-corrected chi connectivity index (χ0v) is 17.3. The van der Waals surface area contributed by atoms with Gasteiger partial charge in [0, 0.05) is 37.8 Å². The maximum Gasteiger partial charge on any atom is 0.326 e. The fraction of sp³-hybridized carbons (Fsp3) is 0.238. The van der Waals surface area contributed by atoms with Crippen molar-refractivity contribution in [3.05, 3.63) is 47.7 Å². The maximum atomic E-state index is 15.0. The molecular weight excluding hydrogens is 434 g/mol. The van der Waals surface area contributed by atoms with Crippen molar-refractivity contribution in [2.24, 2.45) is 11.7 Å². The number of aliphatic hydroxyl groups excluding tert-OH is 1. The predicted molar refractivity (Wildman–Crippen MR) is 116 cm³/mol. The number of hydrogen-bond acceptors (Lipinski definition) is 9. The lowest BCUT2D eigenvalue weighted by molar-refractivity contribution is 0.270. The van der Waals surface area contributed by atoms with Crippen LogP contribution in [0.2, 0.25) is 0 Å². The molecule has 0 bridgehead atoms. The van der Waals surface area contributed by atoms with E-state index in [0.717, 1.165) is 11.6 Å². The molecule has 33 heavy (non-hydrogen) atoms. The molecule has 168 valence electrons. The molecule has 10 nitrogen and oxygen atoms in total. The van der Waals surface area contributed by atoms with Gasteiger partial charge in [-0.2, -0.15) is 9.97 Å². The number of nitrogens with zero attached hydrogens (tertiary/aromatic N) is 5. The Labute approximate surface area is 185 Å². The van der Waals surface area contributed by atoms with Gasteiger partial charge in [-0.25, -0.2) is 18.7 Å². The molecule has 2 atom stereocenters. The van der Waals surface area contributed by atoms with Crippen LogP contribution >= 0.6 is 0 Å². The third-order valence-electron chi connectivity index (χ3n) is 5.99. The molecule has 1 saturated carbocycles. The van der Waals surface area contributed by atoms with Crippen molar-refractivity contribution in [2.45, 2.75) is 12.6 Å². The van der Waals surface area contributed by atoms with E-state index in [1.807, 2.05) is 11.1 Å². The number of fused-ring (bicyclic) bond motifs is 4. The minimum absolute atomic E-state index is 0.0181. The molecule has 0 saturated heterocycles. The Morgan fingerprint density at radius 1 is 1.27 bits per heavy atom. The molecule has 3 aromatic heterocycles. The monoisotopic (exact) mass is 452 g/mol. The van der Waals surface area contributed by atoms with Crippen molar-refractivity contribution >= 4 is 33.4 Å². The SMILES string of the molecule is CNc1cc(F)c(F)c2c1[nH]c1nc(Oc3cnc(CO)nc3)nc(N3C=C4C(N)[C@H]4C3)c12. The largest absolute Gasteiger partial charge is 0.421 e. The second kappa shape index (κ2) is 7.05. The van der Waals surface area contributed by atoms with Crippen molar-refractivity contribution in [3.63, 3.8) is 0 Å². The predicted octanol–water partition coefficient (Wildman–Crippen LogP) is 2.17. The number of hydrogen-bond donors (Lipinski definition) is 4. The van der Waals surface area contributed by atoms with Gasteiger partial charge in [0.15, 0.2) is 23.2 Å². The van der Waals surface area contributed by atoms with Crippen LogP contribution in [0.1, 0.15) is 5.82 Å². The fourth-order valence-corrected chi connectivity index (χ4v) is 4.25. The van der Waals surface area contributed by atoms with Crippen molar-refractivity contribution in [3.8, 4) is 11.8 Å². The average Bonchev–Trinajstić information content (AvgIpc) is 3.18. The summed E-state index contributed by atoms with van der Waals surface area (Å²) in [4.78, 5) is 21.8. The lowest BCUT2D eigenvalue weighted by Gasteiger charge is -2.18. The number of nitrogens with two attached hydrogens (primary N) is 1. The molecule has 1 fully saturated rings. The molecule has 1 aliphatic heterocycles. The van der Waals surface area contributed by atoms with Crippen LogP contribution in [-0.4, -0.2) is 49.7 Å². The Morgan fingerprint density at radius 3 is 2.73 bits per heavy atom. The first-order valence-electron chi connectivity index (χ1n) is 10.2. The number of ether oxygens (including phenoxy) is 1. The number of H-pyrrole nitrogens is 1. The molecule has 5 N–H and O–H groups in total. The molecule has 1 unspecified atom stereocenters. The lowest BCUT2D eigenvalue weighted by atomic mass is 10.1. The van der Waals surface area contributed by atoms with Crippen LogP contribution in [0.4, 0.5) is 20.3 Å². The fourth-order valence-electron chi connectivity index (χ4n) is 4.25. The van der Waals surface area contributed by atoms with Crippen LogP contribution in [0.25, 0.3) is 21.9 Å². The van der Waals surface area contributed by atoms with Gasteiger partial charge in [0.25, 0.3) is 0 Å². The highest BCUT2D eigenvalue weighted by molar-refractivity contribution is 6.15. The Kier molecular flexibility index (Phi) is 4.22. The number of aliphatic hydroxyl groups is 1. The first kappa shape index (κ1) is 19.8. The van der Waals surface area contributed by atoms with E-state index in [1.165, 1.54) is 12.4 Å². The van der Waals surface area contributed by atoms with E-state index in [9.17, 15) is 4.39 Å². The van der Waals surface area contributed by atoms with E-state index < -0.39 is 11.6 Å². The normalized spacial score (nSPS) is 19.2. The highest BCUT2D eigenvalue weighted by atomic mass is 19.2. The zero-order valence-electron chi connectivity index (χ0n) is 17.3. The molecule has 0 amide bonds. The van der Waals surface area contributed by atoms with Crippen molar-refractivity contribution in [1.29, 1.82) is 0 Å². The van der Waals surface area contributed by atoms with E-state index in [2.05, 4.69) is 30.2 Å². The van der Waals surface area contributed by atoms with Crippen molar-refractivity contribution in [1.82, 2.24) is 24.9 Å². The topological polar surface area (TPSA) is 138 Å². The molecule has 4 aromatic rings. The number of aromatic amines is 1.